The van der Waals surface area contributed by atoms with Crippen LogP contribution in [0.5, 0.6) is 0 Å². The first-order chi connectivity index (χ1) is 14.7. The van der Waals surface area contributed by atoms with Crippen LogP contribution in [0, 0.1) is 24.4 Å². The zero-order valence-corrected chi connectivity index (χ0v) is 18.0. The summed E-state index contributed by atoms with van der Waals surface area (Å²) in [6.07, 6.45) is 0. The van der Waals surface area contributed by atoms with Gasteiger partial charge in [-0.1, -0.05) is 0 Å². The van der Waals surface area contributed by atoms with Crippen LogP contribution in [-0.4, -0.2) is 18.0 Å². The second-order valence-corrected chi connectivity index (χ2v) is 9.32. The van der Waals surface area contributed by atoms with Gasteiger partial charge < -0.3 is 4.57 Å². The maximum Gasteiger partial charge on any atom is 0.263 e. The lowest BCUT2D eigenvalue weighted by Crippen LogP contribution is -2.15. The van der Waals surface area contributed by atoms with Gasteiger partial charge in [-0.3, -0.25) is 4.72 Å². The van der Waals surface area contributed by atoms with Gasteiger partial charge in [0.25, 0.3) is 10.0 Å². The monoisotopic (exact) mass is 463 g/mol. The number of hydrogen-bond acceptors (Lipinski definition) is 4. The van der Waals surface area contributed by atoms with E-state index in [1.807, 2.05) is 0 Å². The van der Waals surface area contributed by atoms with Gasteiger partial charge in [-0.05, 0) is 49.4 Å². The normalized spacial score (nSPS) is 11.6. The molecule has 10 heteroatoms. The van der Waals surface area contributed by atoms with Gasteiger partial charge in [-0.2, -0.15) is 0 Å². The molecular formula is C21H16F3N3O2S2. The minimum Gasteiger partial charge on any atom is -0.345 e. The first-order valence-electron chi connectivity index (χ1n) is 9.02. The number of rotatable bonds is 5. The Bertz CT molecular complexity index is 1380. The average molecular weight is 464 g/mol. The molecule has 0 unspecified atom stereocenters. The Morgan fingerprint density at radius 1 is 1.00 bits per heavy atom. The number of anilines is 1. The number of nitrogens with one attached hydrogen (secondary N) is 1. The molecule has 0 spiro atoms. The minimum atomic E-state index is -4.19. The summed E-state index contributed by atoms with van der Waals surface area (Å²) >= 11 is 1.31. The van der Waals surface area contributed by atoms with Crippen molar-refractivity contribution in [2.45, 2.75) is 11.8 Å². The summed E-state index contributed by atoms with van der Waals surface area (Å²) in [5, 5.41) is 2.35. The van der Waals surface area contributed by atoms with Crippen molar-refractivity contribution in [1.29, 1.82) is 0 Å². The standard InChI is InChI=1S/C21H16F3N3O2S2/c1-12-20(31(28,29)26-17-9-15(23)7-8-16(17)24)10-19(27(12)2)21-25-18(11-30-21)13-3-5-14(22)6-4-13/h3-11,26H,1-2H3. The summed E-state index contributed by atoms with van der Waals surface area (Å²) in [6, 6.07) is 9.86. The van der Waals surface area contributed by atoms with E-state index >= 15 is 0 Å². The van der Waals surface area contributed by atoms with Crippen molar-refractivity contribution >= 4 is 27.0 Å². The van der Waals surface area contributed by atoms with Gasteiger partial charge >= 0.3 is 0 Å². The molecule has 2 aromatic carbocycles. The first-order valence-corrected chi connectivity index (χ1v) is 11.4. The fourth-order valence-electron chi connectivity index (χ4n) is 3.07. The number of nitrogens with zero attached hydrogens (tertiary/aromatic N) is 2. The molecule has 0 aliphatic carbocycles. The van der Waals surface area contributed by atoms with Crippen LogP contribution in [0.3, 0.4) is 0 Å². The van der Waals surface area contributed by atoms with E-state index in [9.17, 15) is 21.6 Å². The van der Waals surface area contributed by atoms with Gasteiger partial charge in [0.15, 0.2) is 0 Å². The van der Waals surface area contributed by atoms with Crippen molar-refractivity contribution in [2.24, 2.45) is 7.05 Å². The topological polar surface area (TPSA) is 64.0 Å². The third kappa shape index (κ3) is 4.08. The third-order valence-electron chi connectivity index (χ3n) is 4.81. The molecule has 2 aromatic heterocycles. The Kier molecular flexibility index (Phi) is 5.36. The molecule has 0 saturated carbocycles. The predicted molar refractivity (Wildman–Crippen MR) is 114 cm³/mol. The number of thiazole rings is 1. The van der Waals surface area contributed by atoms with Crippen LogP contribution in [0.15, 0.2) is 58.8 Å². The molecule has 1 N–H and O–H groups in total. The smallest absolute Gasteiger partial charge is 0.263 e. The van der Waals surface area contributed by atoms with E-state index < -0.39 is 27.3 Å². The third-order valence-corrected chi connectivity index (χ3v) is 7.16. The van der Waals surface area contributed by atoms with Gasteiger partial charge in [0, 0.05) is 29.8 Å². The van der Waals surface area contributed by atoms with Crippen molar-refractivity contribution in [2.75, 3.05) is 4.72 Å². The van der Waals surface area contributed by atoms with E-state index in [1.54, 1.807) is 36.1 Å². The van der Waals surface area contributed by atoms with Crippen LogP contribution in [0.4, 0.5) is 18.9 Å². The summed E-state index contributed by atoms with van der Waals surface area (Å²) in [4.78, 5) is 4.46. The Balaban J connectivity index is 1.70. The van der Waals surface area contributed by atoms with Crippen LogP contribution in [-0.2, 0) is 17.1 Å². The Morgan fingerprint density at radius 3 is 2.39 bits per heavy atom. The molecule has 4 rings (SSSR count). The van der Waals surface area contributed by atoms with E-state index in [-0.39, 0.29) is 10.7 Å². The number of benzene rings is 2. The molecule has 0 fully saturated rings. The first kappa shape index (κ1) is 21.1. The highest BCUT2D eigenvalue weighted by molar-refractivity contribution is 7.92. The molecule has 5 nitrogen and oxygen atoms in total. The van der Waals surface area contributed by atoms with E-state index in [0.717, 1.165) is 23.8 Å². The van der Waals surface area contributed by atoms with Crippen molar-refractivity contribution < 1.29 is 21.6 Å². The molecule has 0 saturated heterocycles. The highest BCUT2D eigenvalue weighted by atomic mass is 32.2. The number of sulfonamides is 1. The van der Waals surface area contributed by atoms with Gasteiger partial charge in [-0.25, -0.2) is 26.6 Å². The van der Waals surface area contributed by atoms with E-state index in [1.165, 1.54) is 29.5 Å². The second kappa shape index (κ2) is 7.86. The molecule has 0 bridgehead atoms. The molecule has 2 heterocycles. The molecule has 160 valence electrons. The molecule has 4 aromatic rings. The fourth-order valence-corrected chi connectivity index (χ4v) is 5.30. The molecule has 0 amide bonds. The minimum absolute atomic E-state index is 0.0767. The summed E-state index contributed by atoms with van der Waals surface area (Å²) in [6.45, 7) is 1.61. The lowest BCUT2D eigenvalue weighted by molar-refractivity contribution is 0.593. The lowest BCUT2D eigenvalue weighted by Gasteiger charge is -2.09. The average Bonchev–Trinajstić information content (AvgIpc) is 3.31. The van der Waals surface area contributed by atoms with Crippen molar-refractivity contribution in [3.63, 3.8) is 0 Å². The van der Waals surface area contributed by atoms with E-state index in [2.05, 4.69) is 9.71 Å². The quantitative estimate of drug-likeness (QED) is 0.434. The highest BCUT2D eigenvalue weighted by Gasteiger charge is 2.25. The Labute approximate surface area is 180 Å². The second-order valence-electron chi connectivity index (χ2n) is 6.81. The van der Waals surface area contributed by atoms with Crippen LogP contribution in [0.25, 0.3) is 22.0 Å². The van der Waals surface area contributed by atoms with Crippen LogP contribution < -0.4 is 4.72 Å². The SMILES string of the molecule is Cc1c(S(=O)(=O)Nc2cc(F)ccc2F)cc(-c2nc(-c3ccc(F)cc3)cs2)n1C. The highest BCUT2D eigenvalue weighted by Crippen LogP contribution is 2.33. The summed E-state index contributed by atoms with van der Waals surface area (Å²) < 4.78 is 70.0. The van der Waals surface area contributed by atoms with Crippen molar-refractivity contribution in [3.8, 4) is 22.0 Å². The van der Waals surface area contributed by atoms with Crippen molar-refractivity contribution in [3.05, 3.63) is 77.1 Å². The predicted octanol–water partition coefficient (Wildman–Crippen LogP) is 5.34. The largest absolute Gasteiger partial charge is 0.345 e. The van der Waals surface area contributed by atoms with Crippen LogP contribution >= 0.6 is 11.3 Å². The molecule has 0 aliphatic heterocycles. The summed E-state index contributed by atoms with van der Waals surface area (Å²) in [5.41, 5.74) is 1.82. The van der Waals surface area contributed by atoms with Gasteiger partial charge in [0.2, 0.25) is 0 Å². The van der Waals surface area contributed by atoms with Crippen LogP contribution in [0.2, 0.25) is 0 Å². The number of halogens is 3. The maximum absolute atomic E-state index is 13.9. The van der Waals surface area contributed by atoms with E-state index in [4.69, 9.17) is 0 Å². The maximum atomic E-state index is 13.9. The Hall–Kier alpha value is -3.11. The lowest BCUT2D eigenvalue weighted by atomic mass is 10.2. The zero-order chi connectivity index (χ0) is 22.3. The molecule has 31 heavy (non-hydrogen) atoms. The molecule has 0 radical (unpaired) electrons. The van der Waals surface area contributed by atoms with Crippen LogP contribution in [0.1, 0.15) is 5.69 Å². The molecule has 0 atom stereocenters. The van der Waals surface area contributed by atoms with E-state index in [0.29, 0.717) is 22.1 Å². The molecule has 0 aliphatic rings. The zero-order valence-electron chi connectivity index (χ0n) is 16.4. The van der Waals surface area contributed by atoms with Crippen molar-refractivity contribution in [1.82, 2.24) is 9.55 Å². The van der Waals surface area contributed by atoms with Gasteiger partial charge in [0.1, 0.15) is 27.4 Å². The fraction of sp³-hybridized carbons (Fsp3) is 0.0952. The number of aromatic nitrogens is 2. The summed E-state index contributed by atoms with van der Waals surface area (Å²) in [7, 11) is -2.50. The van der Waals surface area contributed by atoms with Gasteiger partial charge in [-0.15, -0.1) is 11.3 Å². The summed E-state index contributed by atoms with van der Waals surface area (Å²) in [5.74, 6) is -2.00. The number of hydrogen-bond donors (Lipinski definition) is 1. The Morgan fingerprint density at radius 2 is 1.68 bits per heavy atom. The molecular weight excluding hydrogens is 447 g/mol. The van der Waals surface area contributed by atoms with Gasteiger partial charge in [0.05, 0.1) is 17.1 Å².